The maximum Gasteiger partial charge on any atom is 0.410 e. The molecule has 2 aliphatic heterocycles. The lowest BCUT2D eigenvalue weighted by Crippen LogP contribution is -2.46. The summed E-state index contributed by atoms with van der Waals surface area (Å²) in [5, 5.41) is 0.659. The number of hydrogen-bond acceptors (Lipinski definition) is 4. The van der Waals surface area contributed by atoms with Crippen molar-refractivity contribution in [3.63, 3.8) is 0 Å². The van der Waals surface area contributed by atoms with Crippen LogP contribution in [0.3, 0.4) is 0 Å². The smallest absolute Gasteiger partial charge is 0.410 e. The Morgan fingerprint density at radius 2 is 2.12 bits per heavy atom. The van der Waals surface area contributed by atoms with Gasteiger partial charge in [-0.2, -0.15) is 0 Å². The first-order valence-electron chi connectivity index (χ1n) is 8.67. The Labute approximate surface area is 153 Å². The molecular formula is C19H24ClNO4. The number of hydrogen-bond donors (Lipinski definition) is 0. The van der Waals surface area contributed by atoms with Crippen LogP contribution in [0.15, 0.2) is 12.1 Å². The lowest BCUT2D eigenvalue weighted by Gasteiger charge is -2.33. The van der Waals surface area contributed by atoms with Gasteiger partial charge in [0.2, 0.25) is 0 Å². The summed E-state index contributed by atoms with van der Waals surface area (Å²) in [6, 6.07) is 3.79. The van der Waals surface area contributed by atoms with E-state index in [9.17, 15) is 9.59 Å². The summed E-state index contributed by atoms with van der Waals surface area (Å²) in [6.45, 7) is 6.94. The minimum atomic E-state index is -0.546. The fraction of sp³-hybridized carbons (Fsp3) is 0.579. The molecule has 136 valence electrons. The van der Waals surface area contributed by atoms with E-state index in [1.165, 1.54) is 0 Å². The van der Waals surface area contributed by atoms with E-state index in [0.29, 0.717) is 37.6 Å². The Balaban J connectivity index is 1.74. The van der Waals surface area contributed by atoms with Gasteiger partial charge in [-0.15, -0.1) is 0 Å². The Kier molecular flexibility index (Phi) is 4.96. The predicted molar refractivity (Wildman–Crippen MR) is 95.3 cm³/mol. The van der Waals surface area contributed by atoms with E-state index in [0.717, 1.165) is 23.3 Å². The zero-order valence-electron chi connectivity index (χ0n) is 14.9. The molecule has 3 rings (SSSR count). The monoisotopic (exact) mass is 365 g/mol. The molecule has 0 aliphatic carbocycles. The van der Waals surface area contributed by atoms with Crippen molar-refractivity contribution in [3.05, 3.63) is 28.3 Å². The number of fused-ring (bicyclic) bond motifs is 1. The Morgan fingerprint density at radius 3 is 2.84 bits per heavy atom. The molecular weight excluding hydrogens is 342 g/mol. The van der Waals surface area contributed by atoms with E-state index in [1.54, 1.807) is 4.90 Å². The lowest BCUT2D eigenvalue weighted by molar-refractivity contribution is -0.125. The zero-order valence-corrected chi connectivity index (χ0v) is 15.7. The number of nitrogens with zero attached hydrogens (tertiary/aromatic N) is 1. The molecule has 6 heteroatoms. The van der Waals surface area contributed by atoms with Gasteiger partial charge < -0.3 is 14.4 Å². The van der Waals surface area contributed by atoms with Gasteiger partial charge >= 0.3 is 6.09 Å². The van der Waals surface area contributed by atoms with Gasteiger partial charge in [0.25, 0.3) is 0 Å². The molecule has 0 aromatic heterocycles. The highest BCUT2D eigenvalue weighted by molar-refractivity contribution is 6.30. The first-order chi connectivity index (χ1) is 11.7. The van der Waals surface area contributed by atoms with Gasteiger partial charge in [0.1, 0.15) is 17.1 Å². The van der Waals surface area contributed by atoms with Crippen LogP contribution in [0.1, 0.15) is 38.3 Å². The van der Waals surface area contributed by atoms with Crippen LogP contribution in [0.4, 0.5) is 4.79 Å². The van der Waals surface area contributed by atoms with Crippen LogP contribution < -0.4 is 4.74 Å². The third kappa shape index (κ3) is 4.27. The van der Waals surface area contributed by atoms with E-state index < -0.39 is 5.60 Å². The molecule has 1 amide bonds. The highest BCUT2D eigenvalue weighted by Crippen LogP contribution is 2.35. The number of benzene rings is 1. The molecule has 0 bridgehead atoms. The van der Waals surface area contributed by atoms with Crippen molar-refractivity contribution in [1.82, 2.24) is 4.90 Å². The molecule has 1 aromatic rings. The molecule has 2 heterocycles. The summed E-state index contributed by atoms with van der Waals surface area (Å²) in [6.07, 6.45) is 1.36. The van der Waals surface area contributed by atoms with Crippen molar-refractivity contribution in [3.8, 4) is 5.75 Å². The Hall–Kier alpha value is -1.75. The van der Waals surface area contributed by atoms with Crippen LogP contribution in [0.5, 0.6) is 5.75 Å². The summed E-state index contributed by atoms with van der Waals surface area (Å²) in [5.74, 6) is 0.770. The van der Waals surface area contributed by atoms with Crippen LogP contribution >= 0.6 is 11.6 Å². The molecule has 1 saturated heterocycles. The second kappa shape index (κ2) is 6.87. The molecule has 1 atom stereocenters. The van der Waals surface area contributed by atoms with E-state index in [4.69, 9.17) is 21.1 Å². The fourth-order valence-electron chi connectivity index (χ4n) is 3.34. The minimum Gasteiger partial charge on any atom is -0.493 e. The number of carbonyl (C=O) groups is 2. The fourth-order valence-corrected chi connectivity index (χ4v) is 3.61. The first-order valence-corrected chi connectivity index (χ1v) is 9.05. The summed E-state index contributed by atoms with van der Waals surface area (Å²) < 4.78 is 11.2. The van der Waals surface area contributed by atoms with Gasteiger partial charge in [-0.1, -0.05) is 11.6 Å². The molecule has 0 saturated carbocycles. The number of halogens is 1. The molecule has 25 heavy (non-hydrogen) atoms. The Bertz CT molecular complexity index is 695. The third-order valence-electron chi connectivity index (χ3n) is 4.47. The topological polar surface area (TPSA) is 55.8 Å². The number of Topliss-reactive ketones (excluding diaryl/α,β-unsaturated/α-hetero) is 1. The number of likely N-dealkylation sites (tertiary alicyclic amines) is 1. The van der Waals surface area contributed by atoms with Crippen molar-refractivity contribution < 1.29 is 19.1 Å². The van der Waals surface area contributed by atoms with E-state index in [-0.39, 0.29) is 17.8 Å². The quantitative estimate of drug-likeness (QED) is 0.802. The number of ether oxygens (including phenoxy) is 2. The summed E-state index contributed by atoms with van der Waals surface area (Å²) >= 11 is 6.21. The highest BCUT2D eigenvalue weighted by Gasteiger charge is 2.33. The molecule has 1 fully saturated rings. The van der Waals surface area contributed by atoms with Crippen molar-refractivity contribution in [2.45, 2.75) is 45.6 Å². The highest BCUT2D eigenvalue weighted by atomic mass is 35.5. The number of amides is 1. The normalized spacial score (nSPS) is 20.2. The minimum absolute atomic E-state index is 0.173. The van der Waals surface area contributed by atoms with Gasteiger partial charge in [-0.05, 0) is 50.5 Å². The maximum atomic E-state index is 12.4. The summed E-state index contributed by atoms with van der Waals surface area (Å²) in [5.41, 5.74) is 1.49. The van der Waals surface area contributed by atoms with Crippen LogP contribution in [0.25, 0.3) is 0 Å². The van der Waals surface area contributed by atoms with Gasteiger partial charge in [0.15, 0.2) is 0 Å². The van der Waals surface area contributed by atoms with Crippen LogP contribution in [0.2, 0.25) is 5.02 Å². The molecule has 5 nitrogen and oxygen atoms in total. The molecule has 0 spiro atoms. The van der Waals surface area contributed by atoms with E-state index in [1.807, 2.05) is 32.9 Å². The SMILES string of the molecule is CC(C)(C)OC(=O)N1CCC(=O)C(Cc2cc(Cl)cc3c2OCC3)C1. The van der Waals surface area contributed by atoms with Crippen molar-refractivity contribution in [2.75, 3.05) is 19.7 Å². The lowest BCUT2D eigenvalue weighted by atomic mass is 9.89. The van der Waals surface area contributed by atoms with Crippen molar-refractivity contribution >= 4 is 23.5 Å². The first kappa shape index (κ1) is 18.1. The zero-order chi connectivity index (χ0) is 18.2. The number of ketones is 1. The second-order valence-corrected chi connectivity index (χ2v) is 8.13. The Morgan fingerprint density at radius 1 is 1.36 bits per heavy atom. The van der Waals surface area contributed by atoms with Crippen LogP contribution in [-0.4, -0.2) is 42.1 Å². The number of carbonyl (C=O) groups excluding carboxylic acids is 2. The van der Waals surface area contributed by atoms with Gasteiger partial charge in [0.05, 0.1) is 6.61 Å². The van der Waals surface area contributed by atoms with Gasteiger partial charge in [0, 0.05) is 36.9 Å². The van der Waals surface area contributed by atoms with E-state index >= 15 is 0 Å². The molecule has 0 N–H and O–H groups in total. The molecule has 1 unspecified atom stereocenters. The molecule has 0 radical (unpaired) electrons. The van der Waals surface area contributed by atoms with E-state index in [2.05, 4.69) is 0 Å². The number of piperidine rings is 1. The van der Waals surface area contributed by atoms with Crippen molar-refractivity contribution in [1.29, 1.82) is 0 Å². The standard InChI is InChI=1S/C19H24ClNO4/c1-19(2,3)25-18(23)21-6-4-16(22)14(11-21)8-13-10-15(20)9-12-5-7-24-17(12)13/h9-10,14H,4-8,11H2,1-3H3. The summed E-state index contributed by atoms with van der Waals surface area (Å²) in [7, 11) is 0. The molecule has 1 aromatic carbocycles. The number of rotatable bonds is 2. The third-order valence-corrected chi connectivity index (χ3v) is 4.69. The maximum absolute atomic E-state index is 12.4. The second-order valence-electron chi connectivity index (χ2n) is 7.70. The van der Waals surface area contributed by atoms with Gasteiger partial charge in [-0.25, -0.2) is 4.79 Å². The van der Waals surface area contributed by atoms with Crippen LogP contribution in [-0.2, 0) is 22.4 Å². The summed E-state index contributed by atoms with van der Waals surface area (Å²) in [4.78, 5) is 26.3. The average Bonchev–Trinajstić information content (AvgIpc) is 2.95. The predicted octanol–water partition coefficient (Wildman–Crippen LogP) is 3.64. The average molecular weight is 366 g/mol. The van der Waals surface area contributed by atoms with Gasteiger partial charge in [-0.3, -0.25) is 4.79 Å². The largest absolute Gasteiger partial charge is 0.493 e. The molecule has 2 aliphatic rings. The van der Waals surface area contributed by atoms with Crippen molar-refractivity contribution in [2.24, 2.45) is 5.92 Å². The van der Waals surface area contributed by atoms with Crippen LogP contribution in [0, 0.1) is 5.92 Å².